The average Bonchev–Trinajstić information content (AvgIpc) is 2.78. The first kappa shape index (κ1) is 12.8. The van der Waals surface area contributed by atoms with Crippen LogP contribution in [0.5, 0.6) is 0 Å². The van der Waals surface area contributed by atoms with Crippen LogP contribution >= 0.6 is 15.9 Å². The summed E-state index contributed by atoms with van der Waals surface area (Å²) in [5.74, 6) is 1.04. The largest absolute Gasteiger partial charge is 0.355 e. The van der Waals surface area contributed by atoms with E-state index in [0.717, 1.165) is 28.9 Å². The van der Waals surface area contributed by atoms with Crippen molar-refractivity contribution in [2.45, 2.75) is 19.0 Å². The Morgan fingerprint density at radius 3 is 2.94 bits per heavy atom. The highest BCUT2D eigenvalue weighted by molar-refractivity contribution is 9.10. The van der Waals surface area contributed by atoms with Crippen LogP contribution < -0.4 is 10.6 Å². The van der Waals surface area contributed by atoms with E-state index in [1.807, 2.05) is 6.20 Å². The summed E-state index contributed by atoms with van der Waals surface area (Å²) >= 11 is 3.44. The van der Waals surface area contributed by atoms with E-state index in [1.54, 1.807) is 0 Å². The topological polar surface area (TPSA) is 45.4 Å². The average molecular weight is 299 g/mol. The third-order valence-corrected chi connectivity index (χ3v) is 3.76. The van der Waals surface area contributed by atoms with Gasteiger partial charge in [0.2, 0.25) is 0 Å². The second kappa shape index (κ2) is 5.33. The molecule has 0 aliphatic carbocycles. The number of pyridine rings is 1. The molecule has 5 heteroatoms. The van der Waals surface area contributed by atoms with E-state index in [-0.39, 0.29) is 0 Å². The maximum Gasteiger partial charge on any atom is 0.133 e. The zero-order valence-electron chi connectivity index (χ0n) is 10.4. The summed E-state index contributed by atoms with van der Waals surface area (Å²) < 4.78 is 0.991. The molecule has 94 valence electrons. The fourth-order valence-electron chi connectivity index (χ4n) is 2.26. The number of nitrogens with two attached hydrogens (primary N) is 1. The summed E-state index contributed by atoms with van der Waals surface area (Å²) in [6.45, 7) is 2.63. The fraction of sp³-hybridized carbons (Fsp3) is 0.583. The number of halogens is 1. The lowest BCUT2D eigenvalue weighted by Crippen LogP contribution is -2.32. The number of aromatic nitrogens is 1. The smallest absolute Gasteiger partial charge is 0.133 e. The van der Waals surface area contributed by atoms with Gasteiger partial charge in [-0.3, -0.25) is 0 Å². The SMILES string of the molecule is CN(C)C1CCN(c2ncc(Br)cc2CN)C1. The van der Waals surface area contributed by atoms with E-state index < -0.39 is 0 Å². The first-order valence-corrected chi connectivity index (χ1v) is 6.67. The van der Waals surface area contributed by atoms with Crippen molar-refractivity contribution in [1.82, 2.24) is 9.88 Å². The minimum atomic E-state index is 0.533. The lowest BCUT2D eigenvalue weighted by atomic mass is 10.2. The molecule has 1 fully saturated rings. The van der Waals surface area contributed by atoms with E-state index >= 15 is 0 Å². The molecule has 1 aliphatic rings. The lowest BCUT2D eigenvalue weighted by Gasteiger charge is -2.22. The van der Waals surface area contributed by atoms with Gasteiger partial charge < -0.3 is 15.5 Å². The van der Waals surface area contributed by atoms with Crippen LogP contribution in [0.2, 0.25) is 0 Å². The van der Waals surface area contributed by atoms with Crippen molar-refractivity contribution in [1.29, 1.82) is 0 Å². The number of hydrogen-bond acceptors (Lipinski definition) is 4. The molecule has 17 heavy (non-hydrogen) atoms. The van der Waals surface area contributed by atoms with Crippen molar-refractivity contribution in [2.24, 2.45) is 5.73 Å². The van der Waals surface area contributed by atoms with Crippen molar-refractivity contribution in [3.63, 3.8) is 0 Å². The van der Waals surface area contributed by atoms with Gasteiger partial charge in [0.1, 0.15) is 5.82 Å². The van der Waals surface area contributed by atoms with Gasteiger partial charge in [-0.1, -0.05) is 0 Å². The van der Waals surface area contributed by atoms with Crippen molar-refractivity contribution in [3.05, 3.63) is 22.3 Å². The highest BCUT2D eigenvalue weighted by atomic mass is 79.9. The van der Waals surface area contributed by atoms with Crippen LogP contribution in [0.4, 0.5) is 5.82 Å². The quantitative estimate of drug-likeness (QED) is 0.917. The molecule has 1 aromatic rings. The summed E-state index contributed by atoms with van der Waals surface area (Å²) in [7, 11) is 4.26. The number of rotatable bonds is 3. The molecule has 1 aromatic heterocycles. The van der Waals surface area contributed by atoms with Gasteiger partial charge in [-0.2, -0.15) is 0 Å². The van der Waals surface area contributed by atoms with Crippen LogP contribution in [0.1, 0.15) is 12.0 Å². The molecule has 1 saturated heterocycles. The molecule has 0 bridgehead atoms. The Morgan fingerprint density at radius 1 is 1.59 bits per heavy atom. The Labute approximate surface area is 111 Å². The molecule has 0 saturated carbocycles. The normalized spacial score (nSPS) is 20.3. The molecule has 1 unspecified atom stereocenters. The van der Waals surface area contributed by atoms with Crippen LogP contribution in [0.15, 0.2) is 16.7 Å². The first-order chi connectivity index (χ1) is 8.11. The minimum absolute atomic E-state index is 0.533. The zero-order chi connectivity index (χ0) is 12.4. The predicted molar refractivity (Wildman–Crippen MR) is 74.1 cm³/mol. The lowest BCUT2D eigenvalue weighted by molar-refractivity contribution is 0.315. The molecule has 0 radical (unpaired) electrons. The Bertz CT molecular complexity index is 394. The van der Waals surface area contributed by atoms with Crippen molar-refractivity contribution >= 4 is 21.7 Å². The first-order valence-electron chi connectivity index (χ1n) is 5.87. The molecule has 0 amide bonds. The molecule has 2 rings (SSSR count). The van der Waals surface area contributed by atoms with Gasteiger partial charge in [-0.15, -0.1) is 0 Å². The molecule has 4 nitrogen and oxygen atoms in total. The van der Waals surface area contributed by atoms with Gasteiger partial charge >= 0.3 is 0 Å². The molecule has 0 aromatic carbocycles. The van der Waals surface area contributed by atoms with Crippen LogP contribution in [-0.4, -0.2) is 43.1 Å². The van der Waals surface area contributed by atoms with Crippen LogP contribution in [0, 0.1) is 0 Å². The van der Waals surface area contributed by atoms with Gasteiger partial charge in [-0.25, -0.2) is 4.98 Å². The summed E-state index contributed by atoms with van der Waals surface area (Å²) in [5, 5.41) is 0. The molecule has 0 spiro atoms. The van der Waals surface area contributed by atoms with Gasteiger partial charge in [0.05, 0.1) is 0 Å². The predicted octanol–water partition coefficient (Wildman–Crippen LogP) is 1.44. The Kier molecular flexibility index (Phi) is 4.01. The van der Waals surface area contributed by atoms with Gasteiger partial charge in [0, 0.05) is 41.9 Å². The van der Waals surface area contributed by atoms with E-state index in [9.17, 15) is 0 Å². The van der Waals surface area contributed by atoms with E-state index in [4.69, 9.17) is 5.73 Å². The third-order valence-electron chi connectivity index (χ3n) is 3.32. The fourth-order valence-corrected chi connectivity index (χ4v) is 2.64. The molecule has 1 atom stereocenters. The summed E-state index contributed by atoms with van der Waals surface area (Å²) in [6, 6.07) is 2.68. The number of anilines is 1. The van der Waals surface area contributed by atoms with Crippen LogP contribution in [0.25, 0.3) is 0 Å². The Morgan fingerprint density at radius 2 is 2.35 bits per heavy atom. The molecule has 2 N–H and O–H groups in total. The van der Waals surface area contributed by atoms with Gasteiger partial charge in [0.15, 0.2) is 0 Å². The third kappa shape index (κ3) is 2.78. The van der Waals surface area contributed by atoms with Crippen molar-refractivity contribution in [2.75, 3.05) is 32.1 Å². The number of likely N-dealkylation sites (N-methyl/N-ethyl adjacent to an activating group) is 1. The van der Waals surface area contributed by atoms with Crippen LogP contribution in [-0.2, 0) is 6.54 Å². The van der Waals surface area contributed by atoms with Crippen LogP contribution in [0.3, 0.4) is 0 Å². The monoisotopic (exact) mass is 298 g/mol. The molecule has 2 heterocycles. The Balaban J connectivity index is 2.18. The highest BCUT2D eigenvalue weighted by Crippen LogP contribution is 2.25. The second-order valence-electron chi connectivity index (χ2n) is 4.69. The standard InChI is InChI=1S/C12H19BrN4/c1-16(2)11-3-4-17(8-11)12-9(6-14)5-10(13)7-15-12/h5,7,11H,3-4,6,8,14H2,1-2H3. The van der Waals surface area contributed by atoms with Crippen molar-refractivity contribution in [3.8, 4) is 0 Å². The molecule has 1 aliphatic heterocycles. The van der Waals surface area contributed by atoms with Crippen molar-refractivity contribution < 1.29 is 0 Å². The van der Waals surface area contributed by atoms with E-state index in [1.165, 1.54) is 6.42 Å². The van der Waals surface area contributed by atoms with E-state index in [0.29, 0.717) is 12.6 Å². The second-order valence-corrected chi connectivity index (χ2v) is 5.61. The highest BCUT2D eigenvalue weighted by Gasteiger charge is 2.26. The summed E-state index contributed by atoms with van der Waals surface area (Å²) in [4.78, 5) is 9.12. The number of nitrogens with zero attached hydrogens (tertiary/aromatic N) is 3. The van der Waals surface area contributed by atoms with Gasteiger partial charge in [-0.05, 0) is 42.5 Å². The molecular formula is C12H19BrN4. The maximum atomic E-state index is 5.78. The Hall–Kier alpha value is -0.650. The maximum absolute atomic E-state index is 5.78. The van der Waals surface area contributed by atoms with E-state index in [2.05, 4.69) is 50.9 Å². The minimum Gasteiger partial charge on any atom is -0.355 e. The van der Waals surface area contributed by atoms with Gasteiger partial charge in [0.25, 0.3) is 0 Å². The molecular weight excluding hydrogens is 280 g/mol. The summed E-state index contributed by atoms with van der Waals surface area (Å²) in [6.07, 6.45) is 3.03. The zero-order valence-corrected chi connectivity index (χ0v) is 11.9. The number of hydrogen-bond donors (Lipinski definition) is 1. The summed E-state index contributed by atoms with van der Waals surface area (Å²) in [5.41, 5.74) is 6.89.